The van der Waals surface area contributed by atoms with Crippen molar-refractivity contribution in [2.45, 2.75) is 6.92 Å². The Kier molecular flexibility index (Phi) is 6.31. The molecule has 0 fully saturated rings. The third-order valence-corrected chi connectivity index (χ3v) is 4.00. The van der Waals surface area contributed by atoms with E-state index in [4.69, 9.17) is 44.7 Å². The van der Waals surface area contributed by atoms with Gasteiger partial charge in [0.15, 0.2) is 12.4 Å². The van der Waals surface area contributed by atoms with Crippen LogP contribution >= 0.6 is 34.8 Å². The molecule has 0 aromatic heterocycles. The molecule has 2 rings (SSSR count). The van der Waals surface area contributed by atoms with Crippen LogP contribution in [0.3, 0.4) is 0 Å². The van der Waals surface area contributed by atoms with Crippen LogP contribution in [0.25, 0.3) is 0 Å². The fraction of sp³-hybridized carbons (Fsp3) is 0.125. The van der Waals surface area contributed by atoms with Crippen LogP contribution in [0, 0.1) is 6.92 Å². The van der Waals surface area contributed by atoms with Crippen molar-refractivity contribution >= 4 is 52.6 Å². The normalized spacial score (nSPS) is 10.8. The summed E-state index contributed by atoms with van der Waals surface area (Å²) in [6, 6.07) is 8.19. The molecule has 126 valence electrons. The van der Waals surface area contributed by atoms with E-state index in [1.165, 1.54) is 18.3 Å². The number of carbonyl (C=O) groups excluding carboxylic acids is 1. The van der Waals surface area contributed by atoms with Crippen molar-refractivity contribution < 1.29 is 14.7 Å². The van der Waals surface area contributed by atoms with Crippen LogP contribution < -0.4 is 10.1 Å². The number of hydrogen-bond acceptors (Lipinski definition) is 4. The van der Waals surface area contributed by atoms with Crippen LogP contribution in [-0.4, -0.2) is 23.9 Å². The molecule has 0 aliphatic carbocycles. The third-order valence-electron chi connectivity index (χ3n) is 3.03. The fourth-order valence-corrected chi connectivity index (χ4v) is 2.66. The van der Waals surface area contributed by atoms with E-state index in [-0.39, 0.29) is 28.3 Å². The Balaban J connectivity index is 2.02. The van der Waals surface area contributed by atoms with Gasteiger partial charge in [0.1, 0.15) is 0 Å². The van der Waals surface area contributed by atoms with Gasteiger partial charge < -0.3 is 15.3 Å². The molecular weight excluding hydrogens is 375 g/mol. The lowest BCUT2D eigenvalue weighted by Crippen LogP contribution is -2.20. The number of ether oxygens (including phenoxy) is 1. The molecule has 0 aliphatic heterocycles. The minimum absolute atomic E-state index is 0.172. The second-order valence-electron chi connectivity index (χ2n) is 4.86. The number of anilines is 1. The van der Waals surface area contributed by atoms with Gasteiger partial charge in [0.2, 0.25) is 0 Å². The standard InChI is InChI=1S/C16H13Cl3N2O3/c1-9-2-3-11(6-12(9)17)21-15(22)8-24-16-13(18)4-10(7-20-23)5-14(16)19/h2-7,23H,8H2,1H3,(H,21,22)/b20-7+. The monoisotopic (exact) mass is 386 g/mol. The van der Waals surface area contributed by atoms with Crippen LogP contribution in [0.1, 0.15) is 11.1 Å². The predicted molar refractivity (Wildman–Crippen MR) is 96.2 cm³/mol. The van der Waals surface area contributed by atoms with Crippen molar-refractivity contribution in [3.63, 3.8) is 0 Å². The van der Waals surface area contributed by atoms with E-state index in [0.29, 0.717) is 16.3 Å². The number of oxime groups is 1. The van der Waals surface area contributed by atoms with Crippen molar-refractivity contribution in [3.8, 4) is 5.75 Å². The summed E-state index contributed by atoms with van der Waals surface area (Å²) in [5.41, 5.74) is 1.97. The maximum absolute atomic E-state index is 12.0. The quantitative estimate of drug-likeness (QED) is 0.440. The summed E-state index contributed by atoms with van der Waals surface area (Å²) in [5, 5.41) is 15.0. The number of aryl methyl sites for hydroxylation is 1. The van der Waals surface area contributed by atoms with Crippen LogP contribution in [0.15, 0.2) is 35.5 Å². The highest BCUT2D eigenvalue weighted by Gasteiger charge is 2.12. The highest BCUT2D eigenvalue weighted by molar-refractivity contribution is 6.37. The minimum atomic E-state index is -0.386. The van der Waals surface area contributed by atoms with Gasteiger partial charge in [-0.25, -0.2) is 0 Å². The summed E-state index contributed by atoms with van der Waals surface area (Å²) in [7, 11) is 0. The zero-order chi connectivity index (χ0) is 17.7. The lowest BCUT2D eigenvalue weighted by Gasteiger charge is -2.11. The fourth-order valence-electron chi connectivity index (χ4n) is 1.86. The maximum Gasteiger partial charge on any atom is 0.262 e. The first-order chi connectivity index (χ1) is 11.4. The summed E-state index contributed by atoms with van der Waals surface area (Å²) in [6.07, 6.45) is 1.18. The van der Waals surface area contributed by atoms with Gasteiger partial charge in [0.25, 0.3) is 5.91 Å². The molecule has 0 radical (unpaired) electrons. The topological polar surface area (TPSA) is 70.9 Å². The van der Waals surface area contributed by atoms with E-state index in [1.54, 1.807) is 18.2 Å². The average Bonchev–Trinajstić information content (AvgIpc) is 2.50. The summed E-state index contributed by atoms with van der Waals surface area (Å²) < 4.78 is 5.37. The molecule has 1 amide bonds. The molecule has 0 spiro atoms. The number of hydrogen-bond donors (Lipinski definition) is 2. The SMILES string of the molecule is Cc1ccc(NC(=O)COc2c(Cl)cc(/C=N/O)cc2Cl)cc1Cl. The van der Waals surface area contributed by atoms with Gasteiger partial charge in [-0.05, 0) is 42.3 Å². The zero-order valence-corrected chi connectivity index (χ0v) is 14.8. The highest BCUT2D eigenvalue weighted by Crippen LogP contribution is 2.33. The molecular formula is C16H13Cl3N2O3. The largest absolute Gasteiger partial charge is 0.481 e. The molecule has 0 atom stereocenters. The molecule has 8 heteroatoms. The van der Waals surface area contributed by atoms with Gasteiger partial charge in [-0.2, -0.15) is 0 Å². The number of halogens is 3. The molecule has 0 saturated heterocycles. The smallest absolute Gasteiger partial charge is 0.262 e. The van der Waals surface area contributed by atoms with Gasteiger partial charge in [-0.1, -0.05) is 46.0 Å². The lowest BCUT2D eigenvalue weighted by molar-refractivity contribution is -0.118. The molecule has 0 saturated carbocycles. The van der Waals surface area contributed by atoms with Crippen molar-refractivity contribution in [1.82, 2.24) is 0 Å². The van der Waals surface area contributed by atoms with Gasteiger partial charge in [-0.15, -0.1) is 0 Å². The first-order valence-electron chi connectivity index (χ1n) is 6.76. The summed E-state index contributed by atoms with van der Waals surface area (Å²) in [5.74, 6) is -0.214. The van der Waals surface area contributed by atoms with Crippen LogP contribution in [-0.2, 0) is 4.79 Å². The van der Waals surface area contributed by atoms with Crippen LogP contribution in [0.2, 0.25) is 15.1 Å². The first-order valence-corrected chi connectivity index (χ1v) is 7.89. The second-order valence-corrected chi connectivity index (χ2v) is 6.08. The Hall–Kier alpha value is -1.95. The van der Waals surface area contributed by atoms with Gasteiger partial charge in [0.05, 0.1) is 16.3 Å². The lowest BCUT2D eigenvalue weighted by atomic mass is 10.2. The van der Waals surface area contributed by atoms with E-state index in [0.717, 1.165) is 5.56 Å². The predicted octanol–water partition coefficient (Wildman–Crippen LogP) is 4.78. The maximum atomic E-state index is 12.0. The Labute approximate surface area is 153 Å². The molecule has 5 nitrogen and oxygen atoms in total. The van der Waals surface area contributed by atoms with Crippen molar-refractivity contribution in [2.24, 2.45) is 5.16 Å². The number of benzene rings is 2. The molecule has 2 aromatic rings. The Morgan fingerprint density at radius 2 is 1.88 bits per heavy atom. The Morgan fingerprint density at radius 1 is 1.21 bits per heavy atom. The van der Waals surface area contributed by atoms with Crippen molar-refractivity contribution in [2.75, 3.05) is 11.9 Å². The molecule has 0 bridgehead atoms. The van der Waals surface area contributed by atoms with E-state index < -0.39 is 0 Å². The average molecular weight is 388 g/mol. The van der Waals surface area contributed by atoms with Crippen LogP contribution in [0.5, 0.6) is 5.75 Å². The Morgan fingerprint density at radius 3 is 2.46 bits per heavy atom. The molecule has 2 N–H and O–H groups in total. The Bertz CT molecular complexity index is 771. The molecule has 24 heavy (non-hydrogen) atoms. The van der Waals surface area contributed by atoms with Crippen LogP contribution in [0.4, 0.5) is 5.69 Å². The summed E-state index contributed by atoms with van der Waals surface area (Å²) >= 11 is 18.1. The van der Waals surface area contributed by atoms with Crippen molar-refractivity contribution in [3.05, 3.63) is 56.5 Å². The van der Waals surface area contributed by atoms with E-state index >= 15 is 0 Å². The third kappa shape index (κ3) is 4.77. The van der Waals surface area contributed by atoms with E-state index in [2.05, 4.69) is 10.5 Å². The second kappa shape index (κ2) is 8.24. The first kappa shape index (κ1) is 18.4. The number of nitrogens with zero attached hydrogens (tertiary/aromatic N) is 1. The number of carbonyl (C=O) groups is 1. The van der Waals surface area contributed by atoms with E-state index in [9.17, 15) is 4.79 Å². The highest BCUT2D eigenvalue weighted by atomic mass is 35.5. The number of amides is 1. The van der Waals surface area contributed by atoms with Gasteiger partial charge in [0, 0.05) is 10.7 Å². The molecule has 0 heterocycles. The van der Waals surface area contributed by atoms with Gasteiger partial charge in [-0.3, -0.25) is 4.79 Å². The zero-order valence-electron chi connectivity index (χ0n) is 12.5. The minimum Gasteiger partial charge on any atom is -0.481 e. The number of nitrogens with one attached hydrogen (secondary N) is 1. The van der Waals surface area contributed by atoms with Gasteiger partial charge >= 0.3 is 0 Å². The molecule has 0 aliphatic rings. The van der Waals surface area contributed by atoms with Crippen molar-refractivity contribution in [1.29, 1.82) is 0 Å². The number of rotatable bonds is 5. The summed E-state index contributed by atoms with van der Waals surface area (Å²) in [6.45, 7) is 1.59. The molecule has 2 aromatic carbocycles. The van der Waals surface area contributed by atoms with E-state index in [1.807, 2.05) is 6.92 Å². The summed E-state index contributed by atoms with van der Waals surface area (Å²) in [4.78, 5) is 12.0. The molecule has 0 unspecified atom stereocenters.